The number of likely N-dealkylation sites (N-methyl/N-ethyl adjacent to an activating group) is 1. The number of rotatable bonds is 5. The van der Waals surface area contributed by atoms with Crippen LogP contribution in [0, 0.1) is 0 Å². The van der Waals surface area contributed by atoms with Gasteiger partial charge in [0.25, 0.3) is 0 Å². The summed E-state index contributed by atoms with van der Waals surface area (Å²) in [7, 11) is 0. The molecule has 1 N–H and O–H groups in total. The molecular weight excluding hydrogens is 382 g/mol. The maximum atomic E-state index is 4.79. The van der Waals surface area contributed by atoms with E-state index >= 15 is 0 Å². The third kappa shape index (κ3) is 4.04. The smallest absolute Gasteiger partial charge is 0.211 e. The van der Waals surface area contributed by atoms with Crippen molar-refractivity contribution in [2.24, 2.45) is 0 Å². The number of hydrogen-bond donors (Lipinski definition) is 1. The number of aromatic nitrogens is 4. The van der Waals surface area contributed by atoms with Crippen molar-refractivity contribution in [1.29, 1.82) is 0 Å². The van der Waals surface area contributed by atoms with Gasteiger partial charge in [0.1, 0.15) is 10.8 Å². The van der Waals surface area contributed by atoms with E-state index in [2.05, 4.69) is 43.3 Å². The van der Waals surface area contributed by atoms with Crippen molar-refractivity contribution in [1.82, 2.24) is 25.1 Å². The Morgan fingerprint density at radius 1 is 1.07 bits per heavy atom. The Balaban J connectivity index is 1.33. The summed E-state index contributed by atoms with van der Waals surface area (Å²) < 4.78 is 0. The van der Waals surface area contributed by atoms with E-state index in [-0.39, 0.29) is 0 Å². The molecule has 0 atom stereocenters. The number of anilines is 3. The van der Waals surface area contributed by atoms with Crippen molar-refractivity contribution in [3.63, 3.8) is 0 Å². The second-order valence-corrected chi connectivity index (χ2v) is 8.91. The zero-order chi connectivity index (χ0) is 19.6. The van der Waals surface area contributed by atoms with Crippen molar-refractivity contribution in [2.45, 2.75) is 38.5 Å². The molecule has 0 spiro atoms. The third-order valence-electron chi connectivity index (χ3n) is 6.09. The van der Waals surface area contributed by atoms with E-state index in [0.29, 0.717) is 5.92 Å². The van der Waals surface area contributed by atoms with Crippen molar-refractivity contribution in [3.8, 4) is 0 Å². The SMILES string of the molecule is CCN1CCN(c2cnc3ccc(Nc4nnc(C5CCCC5)s4)nc3c2)CC1. The Bertz CT molecular complexity index is 974. The van der Waals surface area contributed by atoms with Crippen LogP contribution < -0.4 is 10.2 Å². The monoisotopic (exact) mass is 409 g/mol. The molecule has 1 aliphatic heterocycles. The highest BCUT2D eigenvalue weighted by atomic mass is 32.1. The van der Waals surface area contributed by atoms with E-state index in [0.717, 1.165) is 65.4 Å². The molecule has 152 valence electrons. The van der Waals surface area contributed by atoms with Gasteiger partial charge >= 0.3 is 0 Å². The van der Waals surface area contributed by atoms with Crippen LogP contribution in [0.15, 0.2) is 24.4 Å². The number of nitrogens with zero attached hydrogens (tertiary/aromatic N) is 6. The van der Waals surface area contributed by atoms with Crippen molar-refractivity contribution >= 4 is 39.0 Å². The minimum Gasteiger partial charge on any atom is -0.368 e. The summed E-state index contributed by atoms with van der Waals surface area (Å²) in [6.45, 7) is 7.62. The van der Waals surface area contributed by atoms with Crippen LogP contribution in [0.4, 0.5) is 16.6 Å². The van der Waals surface area contributed by atoms with Gasteiger partial charge in [-0.05, 0) is 37.6 Å². The fraction of sp³-hybridized carbons (Fsp3) is 0.524. The molecule has 0 radical (unpaired) electrons. The van der Waals surface area contributed by atoms with Gasteiger partial charge in [-0.25, -0.2) is 4.98 Å². The minimum atomic E-state index is 0.590. The number of pyridine rings is 2. The van der Waals surface area contributed by atoms with Gasteiger partial charge in [0.2, 0.25) is 5.13 Å². The van der Waals surface area contributed by atoms with Crippen LogP contribution in [-0.4, -0.2) is 57.8 Å². The molecule has 0 unspecified atom stereocenters. The minimum absolute atomic E-state index is 0.590. The van der Waals surface area contributed by atoms with Crippen LogP contribution in [0.3, 0.4) is 0 Å². The van der Waals surface area contributed by atoms with Crippen LogP contribution in [0.2, 0.25) is 0 Å². The fourth-order valence-corrected chi connectivity index (χ4v) is 5.21. The van der Waals surface area contributed by atoms with Gasteiger partial charge in [0.15, 0.2) is 0 Å². The zero-order valence-corrected chi connectivity index (χ0v) is 17.7. The first-order valence-corrected chi connectivity index (χ1v) is 11.4. The predicted molar refractivity (Wildman–Crippen MR) is 118 cm³/mol. The first-order chi connectivity index (χ1) is 14.3. The number of fused-ring (bicyclic) bond motifs is 1. The van der Waals surface area contributed by atoms with E-state index in [9.17, 15) is 0 Å². The molecule has 0 bridgehead atoms. The predicted octanol–water partition coefficient (Wildman–Crippen LogP) is 4.02. The average Bonchev–Trinajstić information content (AvgIpc) is 3.45. The van der Waals surface area contributed by atoms with Crippen molar-refractivity contribution < 1.29 is 0 Å². The highest BCUT2D eigenvalue weighted by Gasteiger charge is 2.21. The summed E-state index contributed by atoms with van der Waals surface area (Å²) in [4.78, 5) is 14.3. The lowest BCUT2D eigenvalue weighted by atomic mass is 10.1. The second kappa shape index (κ2) is 8.20. The van der Waals surface area contributed by atoms with Gasteiger partial charge in [-0.2, -0.15) is 0 Å². The molecule has 2 aliphatic rings. The first kappa shape index (κ1) is 18.7. The Labute approximate surface area is 175 Å². The Hall–Kier alpha value is -2.32. The summed E-state index contributed by atoms with van der Waals surface area (Å²) in [5.41, 5.74) is 2.97. The van der Waals surface area contributed by atoms with Crippen LogP contribution >= 0.6 is 11.3 Å². The molecule has 2 fully saturated rings. The van der Waals surface area contributed by atoms with Crippen molar-refractivity contribution in [2.75, 3.05) is 42.9 Å². The molecule has 1 saturated carbocycles. The van der Waals surface area contributed by atoms with Crippen LogP contribution in [0.1, 0.15) is 43.5 Å². The average molecular weight is 410 g/mol. The van der Waals surface area contributed by atoms with E-state index in [4.69, 9.17) is 4.98 Å². The van der Waals surface area contributed by atoms with E-state index in [1.54, 1.807) is 11.3 Å². The Morgan fingerprint density at radius 3 is 2.69 bits per heavy atom. The highest BCUT2D eigenvalue weighted by molar-refractivity contribution is 7.15. The quantitative estimate of drug-likeness (QED) is 0.682. The van der Waals surface area contributed by atoms with Gasteiger partial charge in [0, 0.05) is 32.1 Å². The third-order valence-corrected chi connectivity index (χ3v) is 7.09. The molecule has 0 amide bonds. The Morgan fingerprint density at radius 2 is 1.90 bits per heavy atom. The molecule has 0 aromatic carbocycles. The Kier molecular flexibility index (Phi) is 5.28. The van der Waals surface area contributed by atoms with Gasteiger partial charge in [-0.15, -0.1) is 10.2 Å². The summed E-state index contributed by atoms with van der Waals surface area (Å²) in [6, 6.07) is 6.13. The fourth-order valence-electron chi connectivity index (χ4n) is 4.29. The van der Waals surface area contributed by atoms with Crippen LogP contribution in [0.5, 0.6) is 0 Å². The van der Waals surface area contributed by atoms with Gasteiger partial charge < -0.3 is 15.1 Å². The van der Waals surface area contributed by atoms with Gasteiger partial charge in [-0.3, -0.25) is 4.98 Å². The van der Waals surface area contributed by atoms with Gasteiger partial charge in [-0.1, -0.05) is 31.1 Å². The standard InChI is InChI=1S/C21H27N7S/c1-2-27-9-11-28(12-10-27)16-13-18-17(22-14-16)7-8-19(23-18)24-21-26-25-20(29-21)15-5-3-4-6-15/h7-8,13-15H,2-6,9-12H2,1H3,(H,23,24,26). The molecule has 7 nitrogen and oxygen atoms in total. The molecule has 5 rings (SSSR count). The largest absolute Gasteiger partial charge is 0.368 e. The lowest BCUT2D eigenvalue weighted by Crippen LogP contribution is -2.46. The lowest BCUT2D eigenvalue weighted by molar-refractivity contribution is 0.271. The maximum absolute atomic E-state index is 4.79. The molecule has 29 heavy (non-hydrogen) atoms. The highest BCUT2D eigenvalue weighted by Crippen LogP contribution is 2.37. The normalized spacial score (nSPS) is 18.6. The molecule has 1 saturated heterocycles. The molecule has 8 heteroatoms. The maximum Gasteiger partial charge on any atom is 0.211 e. The first-order valence-electron chi connectivity index (χ1n) is 10.6. The summed E-state index contributed by atoms with van der Waals surface area (Å²) in [6.07, 6.45) is 7.06. The summed E-state index contributed by atoms with van der Waals surface area (Å²) in [5, 5.41) is 14.0. The molecule has 3 aromatic heterocycles. The van der Waals surface area contributed by atoms with E-state index in [1.165, 1.54) is 25.7 Å². The molecular formula is C21H27N7S. The van der Waals surface area contributed by atoms with Crippen LogP contribution in [0.25, 0.3) is 11.0 Å². The summed E-state index contributed by atoms with van der Waals surface area (Å²) in [5.74, 6) is 1.38. The molecule has 1 aliphatic carbocycles. The summed E-state index contributed by atoms with van der Waals surface area (Å²) >= 11 is 1.66. The van der Waals surface area contributed by atoms with E-state index < -0.39 is 0 Å². The molecule has 3 aromatic rings. The number of hydrogen-bond acceptors (Lipinski definition) is 8. The zero-order valence-electron chi connectivity index (χ0n) is 16.8. The van der Waals surface area contributed by atoms with E-state index in [1.807, 2.05) is 18.3 Å². The lowest BCUT2D eigenvalue weighted by Gasteiger charge is -2.35. The second-order valence-electron chi connectivity index (χ2n) is 7.90. The van der Waals surface area contributed by atoms with Crippen molar-refractivity contribution in [3.05, 3.63) is 29.4 Å². The number of nitrogens with one attached hydrogen (secondary N) is 1. The number of piperazine rings is 1. The van der Waals surface area contributed by atoms with Gasteiger partial charge in [0.05, 0.1) is 22.9 Å². The van der Waals surface area contributed by atoms with Crippen LogP contribution in [-0.2, 0) is 0 Å². The molecule has 4 heterocycles. The topological polar surface area (TPSA) is 70.1 Å².